The maximum absolute atomic E-state index is 13.0. The molecule has 1 rings (SSSR count). The number of hydrogen-bond acceptors (Lipinski definition) is 3. The van der Waals surface area contributed by atoms with E-state index in [1.165, 1.54) is 18.2 Å². The molecule has 0 aliphatic heterocycles. The minimum absolute atomic E-state index is 0.0531. The van der Waals surface area contributed by atoms with Gasteiger partial charge in [-0.25, -0.2) is 4.39 Å². The van der Waals surface area contributed by atoms with Crippen LogP contribution in [-0.2, 0) is 16.0 Å². The standard InChI is InChI=1S/C14H16FN3O2/c1-9(8-16)5-12(14(17)20)18-13(19)7-10-3-2-4-11(15)6-10/h2-4,6,9,12H,5,7H2,1H3,(H2,17,20)(H,18,19)/t9-,12+/m1/s1. The van der Waals surface area contributed by atoms with Crippen molar-refractivity contribution in [1.82, 2.24) is 5.32 Å². The monoisotopic (exact) mass is 277 g/mol. The van der Waals surface area contributed by atoms with E-state index in [2.05, 4.69) is 5.32 Å². The number of carbonyl (C=O) groups is 2. The van der Waals surface area contributed by atoms with E-state index in [4.69, 9.17) is 11.0 Å². The van der Waals surface area contributed by atoms with Crippen LogP contribution in [0.5, 0.6) is 0 Å². The van der Waals surface area contributed by atoms with Gasteiger partial charge >= 0.3 is 0 Å². The normalized spacial score (nSPS) is 13.1. The van der Waals surface area contributed by atoms with Crippen molar-refractivity contribution in [2.24, 2.45) is 11.7 Å². The molecule has 1 aromatic carbocycles. The molecule has 5 nitrogen and oxygen atoms in total. The molecule has 0 saturated carbocycles. The van der Waals surface area contributed by atoms with Gasteiger partial charge in [0.15, 0.2) is 0 Å². The zero-order valence-corrected chi connectivity index (χ0v) is 11.1. The zero-order valence-electron chi connectivity index (χ0n) is 11.1. The molecule has 6 heteroatoms. The molecule has 3 N–H and O–H groups in total. The van der Waals surface area contributed by atoms with E-state index in [-0.39, 0.29) is 12.8 Å². The molecule has 0 unspecified atom stereocenters. The van der Waals surface area contributed by atoms with Crippen LogP contribution < -0.4 is 11.1 Å². The molecule has 0 saturated heterocycles. The maximum atomic E-state index is 13.0. The predicted octanol–water partition coefficient (Wildman–Crippen LogP) is 0.888. The molecule has 2 atom stereocenters. The second kappa shape index (κ2) is 7.24. The molecular formula is C14H16FN3O2. The van der Waals surface area contributed by atoms with Crippen molar-refractivity contribution in [3.63, 3.8) is 0 Å². The number of nitrogens with two attached hydrogens (primary N) is 1. The third-order valence-electron chi connectivity index (χ3n) is 2.74. The first-order valence-corrected chi connectivity index (χ1v) is 6.15. The Hall–Kier alpha value is -2.42. The van der Waals surface area contributed by atoms with Crippen LogP contribution in [-0.4, -0.2) is 17.9 Å². The van der Waals surface area contributed by atoms with Gasteiger partial charge in [0.05, 0.1) is 12.5 Å². The van der Waals surface area contributed by atoms with Gasteiger partial charge in [-0.05, 0) is 31.0 Å². The van der Waals surface area contributed by atoms with Gasteiger partial charge in [0.25, 0.3) is 0 Å². The van der Waals surface area contributed by atoms with Crippen LogP contribution in [0.3, 0.4) is 0 Å². The number of hydrogen-bond donors (Lipinski definition) is 2. The van der Waals surface area contributed by atoms with Gasteiger partial charge in [-0.3, -0.25) is 9.59 Å². The Morgan fingerprint density at radius 2 is 2.20 bits per heavy atom. The Morgan fingerprint density at radius 3 is 2.75 bits per heavy atom. The summed E-state index contributed by atoms with van der Waals surface area (Å²) in [5.74, 6) is -1.97. The van der Waals surface area contributed by atoms with E-state index >= 15 is 0 Å². The highest BCUT2D eigenvalue weighted by atomic mass is 19.1. The Bertz CT molecular complexity index is 539. The van der Waals surface area contributed by atoms with Crippen molar-refractivity contribution in [2.75, 3.05) is 0 Å². The van der Waals surface area contributed by atoms with Crippen molar-refractivity contribution in [3.05, 3.63) is 35.6 Å². The molecule has 0 spiro atoms. The lowest BCUT2D eigenvalue weighted by Gasteiger charge is -2.16. The molecule has 2 amide bonds. The lowest BCUT2D eigenvalue weighted by Crippen LogP contribution is -2.45. The first-order valence-electron chi connectivity index (χ1n) is 6.15. The highest BCUT2D eigenvalue weighted by Crippen LogP contribution is 2.07. The number of primary amides is 1. The predicted molar refractivity (Wildman–Crippen MR) is 70.6 cm³/mol. The number of nitriles is 1. The fourth-order valence-electron chi connectivity index (χ4n) is 1.73. The highest BCUT2D eigenvalue weighted by Gasteiger charge is 2.20. The van der Waals surface area contributed by atoms with Gasteiger partial charge in [-0.1, -0.05) is 12.1 Å². The largest absolute Gasteiger partial charge is 0.368 e. The average Bonchev–Trinajstić information content (AvgIpc) is 2.37. The van der Waals surface area contributed by atoms with E-state index in [9.17, 15) is 14.0 Å². The SMILES string of the molecule is C[C@@H](C#N)C[C@H](NC(=O)Cc1cccc(F)c1)C(N)=O. The quantitative estimate of drug-likeness (QED) is 0.808. The molecule has 0 aromatic heterocycles. The van der Waals surface area contributed by atoms with Gasteiger partial charge in [0.1, 0.15) is 11.9 Å². The highest BCUT2D eigenvalue weighted by molar-refractivity contribution is 5.87. The number of amides is 2. The third-order valence-corrected chi connectivity index (χ3v) is 2.74. The molecule has 20 heavy (non-hydrogen) atoms. The molecule has 0 aliphatic carbocycles. The lowest BCUT2D eigenvalue weighted by molar-refractivity contribution is -0.127. The molecular weight excluding hydrogens is 261 g/mol. The number of benzene rings is 1. The van der Waals surface area contributed by atoms with Crippen molar-refractivity contribution in [2.45, 2.75) is 25.8 Å². The Morgan fingerprint density at radius 1 is 1.50 bits per heavy atom. The van der Waals surface area contributed by atoms with E-state index in [0.29, 0.717) is 5.56 Å². The first kappa shape index (κ1) is 15.6. The second-order valence-electron chi connectivity index (χ2n) is 4.60. The topological polar surface area (TPSA) is 96.0 Å². The molecule has 1 aromatic rings. The van der Waals surface area contributed by atoms with Crippen molar-refractivity contribution in [3.8, 4) is 6.07 Å². The van der Waals surface area contributed by atoms with Gasteiger partial charge < -0.3 is 11.1 Å². The summed E-state index contributed by atoms with van der Waals surface area (Å²) in [5, 5.41) is 11.2. The fourth-order valence-corrected chi connectivity index (χ4v) is 1.73. The fraction of sp³-hybridized carbons (Fsp3) is 0.357. The van der Waals surface area contributed by atoms with Crippen molar-refractivity contribution < 1.29 is 14.0 Å². The summed E-state index contributed by atoms with van der Waals surface area (Å²) in [7, 11) is 0. The smallest absolute Gasteiger partial charge is 0.240 e. The van der Waals surface area contributed by atoms with Crippen LogP contribution in [0.15, 0.2) is 24.3 Å². The molecule has 0 bridgehead atoms. The number of nitrogens with one attached hydrogen (secondary N) is 1. The van der Waals surface area contributed by atoms with Gasteiger partial charge in [-0.2, -0.15) is 5.26 Å². The lowest BCUT2D eigenvalue weighted by atomic mass is 10.0. The third kappa shape index (κ3) is 5.06. The van der Waals surface area contributed by atoms with Crippen molar-refractivity contribution >= 4 is 11.8 Å². The summed E-state index contributed by atoms with van der Waals surface area (Å²) in [6.45, 7) is 1.63. The van der Waals surface area contributed by atoms with Gasteiger partial charge in [0.2, 0.25) is 11.8 Å². The summed E-state index contributed by atoms with van der Waals surface area (Å²) in [5.41, 5.74) is 5.68. The minimum Gasteiger partial charge on any atom is -0.368 e. The maximum Gasteiger partial charge on any atom is 0.240 e. The summed E-state index contributed by atoms with van der Waals surface area (Å²) in [6, 6.07) is 6.71. The summed E-state index contributed by atoms with van der Waals surface area (Å²) < 4.78 is 13.0. The van der Waals surface area contributed by atoms with E-state index in [0.717, 1.165) is 0 Å². The summed E-state index contributed by atoms with van der Waals surface area (Å²) >= 11 is 0. The molecule has 0 radical (unpaired) electrons. The second-order valence-corrected chi connectivity index (χ2v) is 4.60. The number of nitrogens with zero attached hydrogens (tertiary/aromatic N) is 1. The van der Waals surface area contributed by atoms with Gasteiger partial charge in [0, 0.05) is 5.92 Å². The van der Waals surface area contributed by atoms with Crippen LogP contribution in [0.1, 0.15) is 18.9 Å². The number of carbonyl (C=O) groups excluding carboxylic acids is 2. The summed E-state index contributed by atoms with van der Waals surface area (Å²) in [4.78, 5) is 23.0. The molecule has 0 aliphatic rings. The van der Waals surface area contributed by atoms with Crippen LogP contribution in [0, 0.1) is 23.1 Å². The average molecular weight is 277 g/mol. The Kier molecular flexibility index (Phi) is 5.66. The molecule has 0 heterocycles. The molecule has 0 fully saturated rings. The minimum atomic E-state index is -0.897. The van der Waals surface area contributed by atoms with E-state index < -0.39 is 29.6 Å². The van der Waals surface area contributed by atoms with Crippen molar-refractivity contribution in [1.29, 1.82) is 5.26 Å². The first-order chi connectivity index (χ1) is 9.42. The zero-order chi connectivity index (χ0) is 15.1. The Labute approximate surface area is 116 Å². The van der Waals surface area contributed by atoms with Crippen LogP contribution in [0.4, 0.5) is 4.39 Å². The van der Waals surface area contributed by atoms with E-state index in [1.54, 1.807) is 13.0 Å². The van der Waals surface area contributed by atoms with Gasteiger partial charge in [-0.15, -0.1) is 0 Å². The van der Waals surface area contributed by atoms with Crippen LogP contribution in [0.25, 0.3) is 0 Å². The molecule has 106 valence electrons. The van der Waals surface area contributed by atoms with Crippen LogP contribution >= 0.6 is 0 Å². The number of rotatable bonds is 6. The summed E-state index contributed by atoms with van der Waals surface area (Å²) in [6.07, 6.45) is 0.100. The Balaban J connectivity index is 2.63. The van der Waals surface area contributed by atoms with Crippen LogP contribution in [0.2, 0.25) is 0 Å². The van der Waals surface area contributed by atoms with E-state index in [1.807, 2.05) is 6.07 Å². The number of halogens is 1.